The first-order valence-corrected chi connectivity index (χ1v) is 7.76. The minimum atomic E-state index is -0.833. The number of morpholine rings is 1. The van der Waals surface area contributed by atoms with Crippen LogP contribution in [0.1, 0.15) is 52.9 Å². The van der Waals surface area contributed by atoms with Gasteiger partial charge in [-0.25, -0.2) is 0 Å². The molecule has 1 amide bonds. The molecule has 1 saturated carbocycles. The van der Waals surface area contributed by atoms with Crippen LogP contribution in [0.15, 0.2) is 5.16 Å². The largest absolute Gasteiger partial charge is 0.409 e. The van der Waals surface area contributed by atoms with Crippen LogP contribution in [0.4, 0.5) is 0 Å². The summed E-state index contributed by atoms with van der Waals surface area (Å²) in [5.74, 6) is 0.0462. The molecule has 1 saturated heterocycles. The van der Waals surface area contributed by atoms with E-state index in [4.69, 9.17) is 15.7 Å². The van der Waals surface area contributed by atoms with Crippen molar-refractivity contribution in [2.24, 2.45) is 16.3 Å². The molecular weight excluding hydrogens is 270 g/mol. The number of hydrogen-bond donors (Lipinski definition) is 2. The number of nitrogens with two attached hydrogens (primary N) is 1. The molecule has 3 N–H and O–H groups in total. The molecule has 1 aliphatic carbocycles. The third-order valence-electron chi connectivity index (χ3n) is 4.57. The molecule has 1 atom stereocenters. The second-order valence-corrected chi connectivity index (χ2v) is 7.00. The Bertz CT molecular complexity index is 428. The van der Waals surface area contributed by atoms with Crippen molar-refractivity contribution in [1.82, 2.24) is 4.90 Å². The highest BCUT2D eigenvalue weighted by Crippen LogP contribution is 2.39. The number of carbonyl (C=O) groups is 1. The highest BCUT2D eigenvalue weighted by Gasteiger charge is 2.48. The van der Waals surface area contributed by atoms with Crippen LogP contribution in [-0.2, 0) is 9.53 Å². The van der Waals surface area contributed by atoms with Gasteiger partial charge in [0.25, 0.3) is 0 Å². The smallest absolute Gasteiger partial charge is 0.236 e. The first kappa shape index (κ1) is 16.1. The molecule has 0 bridgehead atoms. The molecule has 1 unspecified atom stereocenters. The second kappa shape index (κ2) is 5.83. The van der Waals surface area contributed by atoms with Gasteiger partial charge in [-0.1, -0.05) is 24.4 Å². The Morgan fingerprint density at radius 1 is 1.33 bits per heavy atom. The molecule has 0 aromatic rings. The lowest BCUT2D eigenvalue weighted by Crippen LogP contribution is -2.60. The highest BCUT2D eigenvalue weighted by molar-refractivity contribution is 6.06. The summed E-state index contributed by atoms with van der Waals surface area (Å²) in [7, 11) is 0. The van der Waals surface area contributed by atoms with E-state index in [-0.39, 0.29) is 23.4 Å². The van der Waals surface area contributed by atoms with Crippen LogP contribution in [0.5, 0.6) is 0 Å². The van der Waals surface area contributed by atoms with Crippen molar-refractivity contribution in [1.29, 1.82) is 0 Å². The van der Waals surface area contributed by atoms with Gasteiger partial charge in [0, 0.05) is 13.1 Å². The number of ether oxygens (including phenoxy) is 1. The van der Waals surface area contributed by atoms with Gasteiger partial charge in [0.1, 0.15) is 5.41 Å². The number of nitrogens with zero attached hydrogens (tertiary/aromatic N) is 2. The molecular formula is C15H27N3O3. The van der Waals surface area contributed by atoms with E-state index in [1.807, 2.05) is 25.7 Å². The van der Waals surface area contributed by atoms with Gasteiger partial charge in [0.2, 0.25) is 5.91 Å². The van der Waals surface area contributed by atoms with Gasteiger partial charge in [0.05, 0.1) is 11.7 Å². The summed E-state index contributed by atoms with van der Waals surface area (Å²) in [6.45, 7) is 7.04. The van der Waals surface area contributed by atoms with Crippen molar-refractivity contribution in [2.45, 2.75) is 64.6 Å². The zero-order valence-corrected chi connectivity index (χ0v) is 13.3. The number of carbonyl (C=O) groups excluding carboxylic acids is 1. The van der Waals surface area contributed by atoms with Gasteiger partial charge in [-0.15, -0.1) is 0 Å². The van der Waals surface area contributed by atoms with Crippen molar-refractivity contribution in [3.63, 3.8) is 0 Å². The summed E-state index contributed by atoms with van der Waals surface area (Å²) in [5.41, 5.74) is 4.71. The quantitative estimate of drug-likeness (QED) is 0.351. The normalized spacial score (nSPS) is 29.2. The van der Waals surface area contributed by atoms with Crippen LogP contribution in [0, 0.1) is 5.41 Å². The molecule has 1 heterocycles. The minimum absolute atomic E-state index is 0.00868. The Morgan fingerprint density at radius 2 is 1.95 bits per heavy atom. The first-order chi connectivity index (χ1) is 9.81. The molecule has 0 aromatic carbocycles. The van der Waals surface area contributed by atoms with Gasteiger partial charge in [-0.3, -0.25) is 4.79 Å². The average Bonchev–Trinajstić information content (AvgIpc) is 2.44. The third-order valence-corrected chi connectivity index (χ3v) is 4.57. The van der Waals surface area contributed by atoms with Crippen LogP contribution < -0.4 is 5.73 Å². The predicted octanol–water partition coefficient (Wildman–Crippen LogP) is 1.71. The molecule has 120 valence electrons. The fourth-order valence-corrected chi connectivity index (χ4v) is 3.74. The van der Waals surface area contributed by atoms with Crippen molar-refractivity contribution in [3.05, 3.63) is 0 Å². The standard InChI is InChI=1S/C15H27N3O3/c1-11-9-18(10-14(2,3)21-11)13(19)15(12(16)17-20)7-5-4-6-8-15/h11,20H,4-10H2,1-3H3,(H2,16,17). The number of amidine groups is 1. The summed E-state index contributed by atoms with van der Waals surface area (Å²) in [6.07, 6.45) is 4.28. The maximum atomic E-state index is 13.1. The zero-order chi connectivity index (χ0) is 15.7. The number of oxime groups is 1. The van der Waals surface area contributed by atoms with Crippen LogP contribution in [-0.4, -0.2) is 46.6 Å². The van der Waals surface area contributed by atoms with Gasteiger partial charge < -0.3 is 20.6 Å². The molecule has 0 radical (unpaired) electrons. The van der Waals surface area contributed by atoms with E-state index in [0.29, 0.717) is 25.9 Å². The van der Waals surface area contributed by atoms with Gasteiger partial charge >= 0.3 is 0 Å². The summed E-state index contributed by atoms with van der Waals surface area (Å²) in [4.78, 5) is 14.9. The van der Waals surface area contributed by atoms with Crippen LogP contribution in [0.2, 0.25) is 0 Å². The van der Waals surface area contributed by atoms with E-state index in [2.05, 4.69) is 5.16 Å². The molecule has 6 nitrogen and oxygen atoms in total. The summed E-state index contributed by atoms with van der Waals surface area (Å²) >= 11 is 0. The third kappa shape index (κ3) is 3.15. The lowest BCUT2D eigenvalue weighted by atomic mass is 9.71. The minimum Gasteiger partial charge on any atom is -0.409 e. The molecule has 6 heteroatoms. The van der Waals surface area contributed by atoms with Crippen molar-refractivity contribution in [2.75, 3.05) is 13.1 Å². The van der Waals surface area contributed by atoms with E-state index in [9.17, 15) is 4.79 Å². The molecule has 2 aliphatic rings. The van der Waals surface area contributed by atoms with Gasteiger partial charge in [-0.2, -0.15) is 0 Å². The monoisotopic (exact) mass is 297 g/mol. The fraction of sp³-hybridized carbons (Fsp3) is 0.867. The van der Waals surface area contributed by atoms with Crippen LogP contribution in [0.3, 0.4) is 0 Å². The SMILES string of the molecule is CC1CN(C(=O)C2(C(N)=NO)CCCCC2)CC(C)(C)O1. The summed E-state index contributed by atoms with van der Waals surface area (Å²) in [5, 5.41) is 12.3. The average molecular weight is 297 g/mol. The Hall–Kier alpha value is -1.30. The molecule has 2 rings (SSSR count). The van der Waals surface area contributed by atoms with E-state index >= 15 is 0 Å². The predicted molar refractivity (Wildman–Crippen MR) is 80.1 cm³/mol. The Kier molecular flexibility index (Phi) is 4.46. The zero-order valence-electron chi connectivity index (χ0n) is 13.3. The molecule has 1 aliphatic heterocycles. The second-order valence-electron chi connectivity index (χ2n) is 7.00. The number of rotatable bonds is 2. The summed E-state index contributed by atoms with van der Waals surface area (Å²) in [6, 6.07) is 0. The topological polar surface area (TPSA) is 88.2 Å². The Labute approximate surface area is 126 Å². The van der Waals surface area contributed by atoms with E-state index in [1.54, 1.807) is 0 Å². The fourth-order valence-electron chi connectivity index (χ4n) is 3.74. The summed E-state index contributed by atoms with van der Waals surface area (Å²) < 4.78 is 5.86. The molecule has 2 fully saturated rings. The molecule has 21 heavy (non-hydrogen) atoms. The Morgan fingerprint density at radius 3 is 2.48 bits per heavy atom. The van der Waals surface area contributed by atoms with Crippen molar-refractivity contribution >= 4 is 11.7 Å². The molecule has 0 aromatic heterocycles. The Balaban J connectivity index is 2.26. The number of hydrogen-bond acceptors (Lipinski definition) is 4. The van der Waals surface area contributed by atoms with E-state index in [0.717, 1.165) is 19.3 Å². The maximum Gasteiger partial charge on any atom is 0.236 e. The lowest BCUT2D eigenvalue weighted by Gasteiger charge is -2.46. The van der Waals surface area contributed by atoms with Crippen molar-refractivity contribution < 1.29 is 14.7 Å². The van der Waals surface area contributed by atoms with E-state index < -0.39 is 5.41 Å². The van der Waals surface area contributed by atoms with Gasteiger partial charge in [-0.05, 0) is 33.6 Å². The van der Waals surface area contributed by atoms with E-state index in [1.165, 1.54) is 0 Å². The first-order valence-electron chi connectivity index (χ1n) is 7.76. The van der Waals surface area contributed by atoms with Crippen LogP contribution >= 0.6 is 0 Å². The number of amides is 1. The maximum absolute atomic E-state index is 13.1. The van der Waals surface area contributed by atoms with Crippen LogP contribution in [0.25, 0.3) is 0 Å². The van der Waals surface area contributed by atoms with Gasteiger partial charge in [0.15, 0.2) is 5.84 Å². The molecule has 0 spiro atoms. The highest BCUT2D eigenvalue weighted by atomic mass is 16.5. The van der Waals surface area contributed by atoms with Crippen molar-refractivity contribution in [3.8, 4) is 0 Å². The lowest BCUT2D eigenvalue weighted by molar-refractivity contribution is -0.165.